The Labute approximate surface area is 162 Å². The Morgan fingerprint density at radius 2 is 2.08 bits per heavy atom. The zero-order valence-electron chi connectivity index (χ0n) is 13.7. The number of aliphatic hydroxyl groups is 1. The largest absolute Gasteiger partial charge is 0.454 e. The van der Waals surface area contributed by atoms with Gasteiger partial charge in [0.1, 0.15) is 12.2 Å². The average molecular weight is 396 g/mol. The van der Waals surface area contributed by atoms with Crippen LogP contribution < -0.4 is 0 Å². The molecule has 0 radical (unpaired) electrons. The molecule has 0 fully saturated rings. The van der Waals surface area contributed by atoms with E-state index in [4.69, 9.17) is 4.74 Å². The van der Waals surface area contributed by atoms with Gasteiger partial charge in [-0.3, -0.25) is 0 Å². The number of carbonyl (C=O) groups excluding carboxylic acids is 1. The second kappa shape index (κ2) is 8.58. The van der Waals surface area contributed by atoms with Crippen molar-refractivity contribution in [2.45, 2.75) is 37.4 Å². The number of rotatable bonds is 6. The normalized spacial score (nSPS) is 19.1. The summed E-state index contributed by atoms with van der Waals surface area (Å²) in [5.41, 5.74) is 3.08. The summed E-state index contributed by atoms with van der Waals surface area (Å²) < 4.78 is 5.33. The maximum atomic E-state index is 12.3. The SMILES string of the molecule is O=C(OC(CS)C(O)CS)c1csc(C2CCc3ccccc3C2)n1. The molecule has 134 valence electrons. The number of hydrogen-bond acceptors (Lipinski definition) is 7. The molecule has 7 heteroatoms. The van der Waals surface area contributed by atoms with Gasteiger partial charge in [0, 0.05) is 22.8 Å². The zero-order chi connectivity index (χ0) is 17.8. The Morgan fingerprint density at radius 1 is 1.32 bits per heavy atom. The molecule has 1 aromatic heterocycles. The van der Waals surface area contributed by atoms with Gasteiger partial charge in [0.25, 0.3) is 0 Å². The summed E-state index contributed by atoms with van der Waals surface area (Å²) in [4.78, 5) is 16.8. The molecule has 0 bridgehead atoms. The zero-order valence-corrected chi connectivity index (χ0v) is 16.3. The van der Waals surface area contributed by atoms with Gasteiger partial charge in [0.2, 0.25) is 0 Å². The minimum Gasteiger partial charge on any atom is -0.454 e. The Hall–Kier alpha value is -1.02. The van der Waals surface area contributed by atoms with Crippen LogP contribution in [-0.4, -0.2) is 39.8 Å². The lowest BCUT2D eigenvalue weighted by Gasteiger charge is -2.22. The average Bonchev–Trinajstić information content (AvgIpc) is 3.15. The van der Waals surface area contributed by atoms with Crippen LogP contribution in [0.2, 0.25) is 0 Å². The molecule has 3 unspecified atom stereocenters. The van der Waals surface area contributed by atoms with Gasteiger partial charge in [-0.2, -0.15) is 25.3 Å². The highest BCUT2D eigenvalue weighted by atomic mass is 32.1. The molecule has 2 aromatic rings. The number of nitrogens with zero attached hydrogens (tertiary/aromatic N) is 1. The number of aryl methyl sites for hydroxylation is 1. The summed E-state index contributed by atoms with van der Waals surface area (Å²) in [6.07, 6.45) is 1.51. The Morgan fingerprint density at radius 3 is 2.80 bits per heavy atom. The van der Waals surface area contributed by atoms with E-state index in [1.807, 2.05) is 0 Å². The molecule has 1 aliphatic carbocycles. The molecule has 3 atom stereocenters. The van der Waals surface area contributed by atoms with E-state index in [9.17, 15) is 9.90 Å². The number of thiol groups is 2. The smallest absolute Gasteiger partial charge is 0.358 e. The van der Waals surface area contributed by atoms with Crippen LogP contribution in [0.5, 0.6) is 0 Å². The van der Waals surface area contributed by atoms with Gasteiger partial charge in [-0.1, -0.05) is 24.3 Å². The summed E-state index contributed by atoms with van der Waals surface area (Å²) in [6, 6.07) is 8.49. The number of fused-ring (bicyclic) bond motifs is 1. The van der Waals surface area contributed by atoms with Crippen molar-refractivity contribution in [2.24, 2.45) is 0 Å². The Bertz CT molecular complexity index is 734. The van der Waals surface area contributed by atoms with Gasteiger partial charge < -0.3 is 9.84 Å². The number of hydrogen-bond donors (Lipinski definition) is 3. The van der Waals surface area contributed by atoms with Crippen LogP contribution >= 0.6 is 36.6 Å². The number of carbonyl (C=O) groups is 1. The predicted molar refractivity (Wildman–Crippen MR) is 106 cm³/mol. The van der Waals surface area contributed by atoms with Crippen molar-refractivity contribution in [1.29, 1.82) is 0 Å². The molecule has 1 heterocycles. The van der Waals surface area contributed by atoms with Crippen molar-refractivity contribution in [1.82, 2.24) is 4.98 Å². The first-order valence-corrected chi connectivity index (χ1v) is 10.4. The maximum absolute atomic E-state index is 12.3. The molecule has 0 spiro atoms. The standard InChI is InChI=1S/C18H21NO3S3/c20-15(8-23)16(9-24)22-18(21)14-10-25-17(19-14)13-6-5-11-3-1-2-4-12(11)7-13/h1-4,10,13,15-16,20,23-24H,5-9H2. The number of aliphatic hydroxyl groups excluding tert-OH is 1. The third-order valence-electron chi connectivity index (χ3n) is 4.48. The molecule has 4 nitrogen and oxygen atoms in total. The number of ether oxygens (including phenoxy) is 1. The highest BCUT2D eigenvalue weighted by molar-refractivity contribution is 7.80. The molecule has 1 N–H and O–H groups in total. The van der Waals surface area contributed by atoms with Gasteiger partial charge in [0.15, 0.2) is 5.69 Å². The summed E-state index contributed by atoms with van der Waals surface area (Å²) in [7, 11) is 0. The molecular weight excluding hydrogens is 374 g/mol. The maximum Gasteiger partial charge on any atom is 0.358 e. The van der Waals surface area contributed by atoms with Crippen LogP contribution in [0.25, 0.3) is 0 Å². The van der Waals surface area contributed by atoms with Crippen molar-refractivity contribution in [3.05, 3.63) is 51.5 Å². The number of benzene rings is 1. The van der Waals surface area contributed by atoms with E-state index in [-0.39, 0.29) is 11.5 Å². The van der Waals surface area contributed by atoms with Gasteiger partial charge >= 0.3 is 5.97 Å². The number of esters is 1. The quantitative estimate of drug-likeness (QED) is 0.519. The third kappa shape index (κ3) is 4.39. The first kappa shape index (κ1) is 18.8. The van der Waals surface area contributed by atoms with E-state index in [0.717, 1.165) is 24.3 Å². The molecule has 3 rings (SSSR count). The van der Waals surface area contributed by atoms with Crippen LogP contribution in [0.3, 0.4) is 0 Å². The second-order valence-corrected chi connectivity index (χ2v) is 7.78. The van der Waals surface area contributed by atoms with E-state index in [0.29, 0.717) is 11.6 Å². The van der Waals surface area contributed by atoms with Gasteiger partial charge in [0.05, 0.1) is 5.01 Å². The fourth-order valence-corrected chi connectivity index (χ4v) is 4.51. The topological polar surface area (TPSA) is 59.4 Å². The van der Waals surface area contributed by atoms with Crippen LogP contribution in [0.4, 0.5) is 0 Å². The predicted octanol–water partition coefficient (Wildman–Crippen LogP) is 3.16. The molecule has 0 amide bonds. The van der Waals surface area contributed by atoms with Crippen LogP contribution in [-0.2, 0) is 17.6 Å². The summed E-state index contributed by atoms with van der Waals surface area (Å²) in [5.74, 6) is 0.273. The van der Waals surface area contributed by atoms with Crippen molar-refractivity contribution < 1.29 is 14.6 Å². The number of thiazole rings is 1. The molecule has 0 saturated heterocycles. The van der Waals surface area contributed by atoms with E-state index in [1.165, 1.54) is 22.5 Å². The van der Waals surface area contributed by atoms with E-state index < -0.39 is 18.2 Å². The van der Waals surface area contributed by atoms with Crippen molar-refractivity contribution in [3.63, 3.8) is 0 Å². The second-order valence-electron chi connectivity index (χ2n) is 6.16. The van der Waals surface area contributed by atoms with Crippen LogP contribution in [0.1, 0.15) is 39.0 Å². The third-order valence-corrected chi connectivity index (χ3v) is 6.22. The summed E-state index contributed by atoms with van der Waals surface area (Å²) >= 11 is 9.65. The minimum absolute atomic E-state index is 0.211. The lowest BCUT2D eigenvalue weighted by atomic mass is 9.84. The van der Waals surface area contributed by atoms with Gasteiger partial charge in [-0.05, 0) is 30.4 Å². The summed E-state index contributed by atoms with van der Waals surface area (Å²) in [5, 5.41) is 12.5. The molecule has 1 aromatic carbocycles. The lowest BCUT2D eigenvalue weighted by molar-refractivity contribution is -0.00170. The molecule has 25 heavy (non-hydrogen) atoms. The molecular formula is C18H21NO3S3. The van der Waals surface area contributed by atoms with E-state index >= 15 is 0 Å². The van der Waals surface area contributed by atoms with Gasteiger partial charge in [-0.25, -0.2) is 9.78 Å². The lowest BCUT2D eigenvalue weighted by Crippen LogP contribution is -2.34. The first-order chi connectivity index (χ1) is 12.1. The first-order valence-electron chi connectivity index (χ1n) is 8.25. The molecule has 1 aliphatic rings. The molecule has 0 aliphatic heterocycles. The highest BCUT2D eigenvalue weighted by Gasteiger charge is 2.26. The minimum atomic E-state index is -0.835. The fourth-order valence-electron chi connectivity index (χ4n) is 3.03. The van der Waals surface area contributed by atoms with Crippen molar-refractivity contribution >= 4 is 42.6 Å². The fraction of sp³-hybridized carbons (Fsp3) is 0.444. The number of aromatic nitrogens is 1. The monoisotopic (exact) mass is 395 g/mol. The Balaban J connectivity index is 1.67. The summed E-state index contributed by atoms with van der Waals surface area (Å²) in [6.45, 7) is 0. The highest BCUT2D eigenvalue weighted by Crippen LogP contribution is 2.34. The van der Waals surface area contributed by atoms with E-state index in [1.54, 1.807) is 5.38 Å². The van der Waals surface area contributed by atoms with Gasteiger partial charge in [-0.15, -0.1) is 11.3 Å². The van der Waals surface area contributed by atoms with Crippen molar-refractivity contribution in [3.8, 4) is 0 Å². The van der Waals surface area contributed by atoms with Crippen LogP contribution in [0.15, 0.2) is 29.6 Å². The van der Waals surface area contributed by atoms with Crippen LogP contribution in [0, 0.1) is 0 Å². The van der Waals surface area contributed by atoms with Crippen molar-refractivity contribution in [2.75, 3.05) is 11.5 Å². The molecule has 0 saturated carbocycles. The van der Waals surface area contributed by atoms with E-state index in [2.05, 4.69) is 54.5 Å². The Kier molecular flexibility index (Phi) is 6.44.